The molecule has 3 rings (SSSR count). The molecule has 0 spiro atoms. The molecule has 2 aromatic heterocycles. The van der Waals surface area contributed by atoms with E-state index in [9.17, 15) is 10.1 Å². The number of nitrogens with zero attached hydrogens (tertiary/aromatic N) is 4. The van der Waals surface area contributed by atoms with Crippen LogP contribution in [0.3, 0.4) is 0 Å². The second kappa shape index (κ2) is 7.66. The lowest BCUT2D eigenvalue weighted by Crippen LogP contribution is -2.50. The van der Waals surface area contributed by atoms with Crippen molar-refractivity contribution in [1.82, 2.24) is 25.5 Å². The Labute approximate surface area is 150 Å². The molecule has 0 saturated heterocycles. The maximum atomic E-state index is 12.5. The summed E-state index contributed by atoms with van der Waals surface area (Å²) in [4.78, 5) is 20.9. The van der Waals surface area contributed by atoms with E-state index in [2.05, 4.69) is 31.6 Å². The molecule has 1 aliphatic rings. The van der Waals surface area contributed by atoms with Crippen LogP contribution in [0.5, 0.6) is 0 Å². The summed E-state index contributed by atoms with van der Waals surface area (Å²) >= 11 is 1.27. The maximum Gasteiger partial charge on any atom is 0.234 e. The lowest BCUT2D eigenvalue weighted by molar-refractivity contribution is -0.121. The van der Waals surface area contributed by atoms with Gasteiger partial charge in [0, 0.05) is 18.0 Å². The molecule has 130 valence electrons. The number of aromatic amines is 1. The van der Waals surface area contributed by atoms with Crippen LogP contribution in [0.15, 0.2) is 29.7 Å². The zero-order chi connectivity index (χ0) is 17.7. The average Bonchev–Trinajstić information content (AvgIpc) is 3.11. The minimum Gasteiger partial charge on any atom is -0.337 e. The molecule has 0 radical (unpaired) electrons. The van der Waals surface area contributed by atoms with E-state index in [1.54, 1.807) is 19.3 Å². The number of nitriles is 1. The second-order valence-corrected chi connectivity index (χ2v) is 7.51. The van der Waals surface area contributed by atoms with E-state index >= 15 is 0 Å². The Kier molecular flexibility index (Phi) is 5.34. The monoisotopic (exact) mass is 356 g/mol. The molecule has 2 N–H and O–H groups in total. The van der Waals surface area contributed by atoms with Crippen LogP contribution in [0.25, 0.3) is 11.4 Å². The summed E-state index contributed by atoms with van der Waals surface area (Å²) in [5, 5.41) is 19.6. The maximum absolute atomic E-state index is 12.5. The van der Waals surface area contributed by atoms with Crippen LogP contribution in [-0.2, 0) is 4.79 Å². The molecule has 2 aromatic rings. The molecule has 1 fully saturated rings. The van der Waals surface area contributed by atoms with Gasteiger partial charge in [0.05, 0.1) is 11.3 Å². The minimum atomic E-state index is -0.717. The molecular weight excluding hydrogens is 336 g/mol. The minimum absolute atomic E-state index is 0.149. The van der Waals surface area contributed by atoms with E-state index < -0.39 is 5.54 Å². The predicted molar refractivity (Wildman–Crippen MR) is 94.5 cm³/mol. The summed E-state index contributed by atoms with van der Waals surface area (Å²) in [5.74, 6) is 0.488. The molecular formula is C17H20N6OS. The summed E-state index contributed by atoms with van der Waals surface area (Å²) < 4.78 is 0. The molecule has 1 aliphatic carbocycles. The third kappa shape index (κ3) is 4.17. The van der Waals surface area contributed by atoms with Gasteiger partial charge in [-0.15, -0.1) is 5.10 Å². The molecule has 0 aromatic carbocycles. The summed E-state index contributed by atoms with van der Waals surface area (Å²) in [5.41, 5.74) is 0.169. The van der Waals surface area contributed by atoms with Gasteiger partial charge >= 0.3 is 0 Å². The van der Waals surface area contributed by atoms with E-state index in [0.29, 0.717) is 11.0 Å². The first-order chi connectivity index (χ1) is 12.1. The van der Waals surface area contributed by atoms with Gasteiger partial charge in [-0.05, 0) is 31.9 Å². The van der Waals surface area contributed by atoms with E-state index in [1.165, 1.54) is 11.8 Å². The number of carbonyl (C=O) groups excluding carboxylic acids is 1. The van der Waals surface area contributed by atoms with Crippen LogP contribution in [0.4, 0.5) is 0 Å². The number of hydrogen-bond acceptors (Lipinski definition) is 6. The fourth-order valence-electron chi connectivity index (χ4n) is 2.91. The fourth-order valence-corrected chi connectivity index (χ4v) is 3.63. The summed E-state index contributed by atoms with van der Waals surface area (Å²) in [6.07, 6.45) is 7.90. The molecule has 25 heavy (non-hydrogen) atoms. The standard InChI is InChI=1S/C17H20N6OS/c1-12(15(24)21-17(11-18)7-3-2-4-8-17)25-16-20-14(22-23-16)13-5-9-19-10-6-13/h5-6,9-10,12H,2-4,7-8H2,1H3,(H,21,24)(H,20,22,23)/t12-/m0/s1. The zero-order valence-electron chi connectivity index (χ0n) is 14.0. The highest BCUT2D eigenvalue weighted by Gasteiger charge is 2.35. The quantitative estimate of drug-likeness (QED) is 0.798. The lowest BCUT2D eigenvalue weighted by atomic mass is 9.83. The topological polar surface area (TPSA) is 107 Å². The third-order valence-electron chi connectivity index (χ3n) is 4.35. The molecule has 1 saturated carbocycles. The fraction of sp³-hybridized carbons (Fsp3) is 0.471. The number of H-pyrrole nitrogens is 1. The first-order valence-corrected chi connectivity index (χ1v) is 9.23. The molecule has 0 bridgehead atoms. The predicted octanol–water partition coefficient (Wildman–Crippen LogP) is 2.69. The van der Waals surface area contributed by atoms with Crippen molar-refractivity contribution in [2.45, 2.75) is 55.0 Å². The van der Waals surface area contributed by atoms with Crippen molar-refractivity contribution < 1.29 is 4.79 Å². The van der Waals surface area contributed by atoms with Gasteiger partial charge in [-0.2, -0.15) is 5.26 Å². The van der Waals surface area contributed by atoms with Gasteiger partial charge in [0.1, 0.15) is 5.54 Å². The van der Waals surface area contributed by atoms with E-state index in [-0.39, 0.29) is 11.2 Å². The van der Waals surface area contributed by atoms with Gasteiger partial charge in [-0.3, -0.25) is 14.9 Å². The van der Waals surface area contributed by atoms with Gasteiger partial charge in [0.15, 0.2) is 5.82 Å². The molecule has 0 unspecified atom stereocenters. The molecule has 1 amide bonds. The van der Waals surface area contributed by atoms with Crippen LogP contribution in [0.2, 0.25) is 0 Å². The second-order valence-electron chi connectivity index (χ2n) is 6.21. The highest BCUT2D eigenvalue weighted by Crippen LogP contribution is 2.29. The molecule has 7 nitrogen and oxygen atoms in total. The van der Waals surface area contributed by atoms with Crippen molar-refractivity contribution in [2.24, 2.45) is 0 Å². The Bertz CT molecular complexity index is 763. The van der Waals surface area contributed by atoms with Crippen molar-refractivity contribution >= 4 is 17.7 Å². The third-order valence-corrected chi connectivity index (χ3v) is 5.31. The van der Waals surface area contributed by atoms with Crippen molar-refractivity contribution in [3.05, 3.63) is 24.5 Å². The number of nitrogens with one attached hydrogen (secondary N) is 2. The van der Waals surface area contributed by atoms with Gasteiger partial charge in [-0.25, -0.2) is 4.98 Å². The van der Waals surface area contributed by atoms with E-state index in [1.807, 2.05) is 12.1 Å². The van der Waals surface area contributed by atoms with Crippen molar-refractivity contribution in [3.8, 4) is 17.5 Å². The summed E-state index contributed by atoms with van der Waals surface area (Å²) in [7, 11) is 0. The van der Waals surface area contributed by atoms with Crippen LogP contribution in [0, 0.1) is 11.3 Å². The lowest BCUT2D eigenvalue weighted by Gasteiger charge is -2.32. The average molecular weight is 356 g/mol. The first kappa shape index (κ1) is 17.4. The van der Waals surface area contributed by atoms with E-state index in [4.69, 9.17) is 0 Å². The highest BCUT2D eigenvalue weighted by atomic mass is 32.2. The van der Waals surface area contributed by atoms with Crippen LogP contribution in [0.1, 0.15) is 39.0 Å². The molecule has 8 heteroatoms. The number of hydrogen-bond donors (Lipinski definition) is 2. The number of pyridine rings is 1. The van der Waals surface area contributed by atoms with E-state index in [0.717, 1.165) is 37.7 Å². The van der Waals surface area contributed by atoms with Crippen LogP contribution in [-0.4, -0.2) is 36.9 Å². The Balaban J connectivity index is 1.62. The number of thioether (sulfide) groups is 1. The summed E-state index contributed by atoms with van der Waals surface area (Å²) in [6, 6.07) is 5.98. The van der Waals surface area contributed by atoms with Crippen molar-refractivity contribution in [2.75, 3.05) is 0 Å². The number of rotatable bonds is 5. The van der Waals surface area contributed by atoms with Crippen LogP contribution >= 0.6 is 11.8 Å². The van der Waals surface area contributed by atoms with Gasteiger partial charge < -0.3 is 5.32 Å². The summed E-state index contributed by atoms with van der Waals surface area (Å²) in [6.45, 7) is 1.80. The SMILES string of the molecule is C[C@H](Sc1n[nH]c(-c2ccncc2)n1)C(=O)NC1(C#N)CCCCC1. The van der Waals surface area contributed by atoms with Crippen LogP contribution < -0.4 is 5.32 Å². The number of aromatic nitrogens is 4. The highest BCUT2D eigenvalue weighted by molar-refractivity contribution is 8.00. The Morgan fingerprint density at radius 3 is 2.76 bits per heavy atom. The van der Waals surface area contributed by atoms with Crippen molar-refractivity contribution in [3.63, 3.8) is 0 Å². The van der Waals surface area contributed by atoms with Gasteiger partial charge in [0.2, 0.25) is 11.1 Å². The number of amides is 1. The van der Waals surface area contributed by atoms with Crippen molar-refractivity contribution in [1.29, 1.82) is 5.26 Å². The molecule has 1 atom stereocenters. The largest absolute Gasteiger partial charge is 0.337 e. The van der Waals surface area contributed by atoms with Gasteiger partial charge in [0.25, 0.3) is 0 Å². The Hall–Kier alpha value is -2.40. The van der Waals surface area contributed by atoms with Gasteiger partial charge in [-0.1, -0.05) is 31.0 Å². The molecule has 2 heterocycles. The first-order valence-electron chi connectivity index (χ1n) is 8.35. The Morgan fingerprint density at radius 1 is 1.36 bits per heavy atom. The zero-order valence-corrected chi connectivity index (χ0v) is 14.8. The normalized spacial score (nSPS) is 17.4. The Morgan fingerprint density at radius 2 is 2.08 bits per heavy atom. The number of carbonyl (C=O) groups is 1. The smallest absolute Gasteiger partial charge is 0.234 e. The molecule has 0 aliphatic heterocycles.